The molecule has 1 fully saturated rings. The molecule has 7 heteroatoms. The summed E-state index contributed by atoms with van der Waals surface area (Å²) < 4.78 is 11.4. The lowest BCUT2D eigenvalue weighted by Gasteiger charge is -2.12. The number of halogens is 1. The summed E-state index contributed by atoms with van der Waals surface area (Å²) in [5, 5.41) is 0.182. The summed E-state index contributed by atoms with van der Waals surface area (Å²) in [4.78, 5) is 26.8. The number of amides is 2. The van der Waals surface area contributed by atoms with E-state index in [-0.39, 0.29) is 11.1 Å². The van der Waals surface area contributed by atoms with Gasteiger partial charge in [0, 0.05) is 5.02 Å². The van der Waals surface area contributed by atoms with Crippen LogP contribution in [-0.2, 0) is 11.4 Å². The number of thioether (sulfide) groups is 1. The Bertz CT molecular complexity index is 1210. The Morgan fingerprint density at radius 1 is 1.00 bits per heavy atom. The number of rotatable bonds is 6. The molecule has 1 aliphatic rings. The Morgan fingerprint density at radius 3 is 2.50 bits per heavy atom. The highest BCUT2D eigenvalue weighted by Crippen LogP contribution is 2.37. The van der Waals surface area contributed by atoms with Gasteiger partial charge in [0.25, 0.3) is 11.1 Å². The van der Waals surface area contributed by atoms with E-state index < -0.39 is 0 Å². The average Bonchev–Trinajstić information content (AvgIpc) is 3.06. The Morgan fingerprint density at radius 2 is 1.78 bits per heavy atom. The number of imide groups is 1. The van der Waals surface area contributed by atoms with Crippen molar-refractivity contribution in [3.05, 3.63) is 93.3 Å². The van der Waals surface area contributed by atoms with Crippen LogP contribution in [-0.4, -0.2) is 18.3 Å². The molecule has 1 heterocycles. The first-order valence-corrected chi connectivity index (χ1v) is 11.0. The topological polar surface area (TPSA) is 55.8 Å². The third kappa shape index (κ3) is 4.82. The first kappa shape index (κ1) is 22.0. The normalized spacial score (nSPS) is 14.8. The summed E-state index contributed by atoms with van der Waals surface area (Å²) in [5.74, 6) is 0.768. The van der Waals surface area contributed by atoms with Crippen LogP contribution in [0.15, 0.2) is 71.6 Å². The number of nitrogens with zero attached hydrogens (tertiary/aromatic N) is 1. The molecule has 2 amide bonds. The van der Waals surface area contributed by atoms with Crippen molar-refractivity contribution in [1.29, 1.82) is 0 Å². The van der Waals surface area contributed by atoms with Crippen LogP contribution in [0.3, 0.4) is 0 Å². The van der Waals surface area contributed by atoms with Crippen LogP contribution in [0.5, 0.6) is 11.5 Å². The quantitative estimate of drug-likeness (QED) is 0.390. The second-order valence-corrected chi connectivity index (χ2v) is 8.61. The molecule has 0 saturated carbocycles. The summed E-state index contributed by atoms with van der Waals surface area (Å²) in [6, 6.07) is 20.1. The molecule has 32 heavy (non-hydrogen) atoms. The lowest BCUT2D eigenvalue weighted by Crippen LogP contribution is -2.27. The van der Waals surface area contributed by atoms with Crippen molar-refractivity contribution in [2.24, 2.45) is 0 Å². The predicted octanol–water partition coefficient (Wildman–Crippen LogP) is 6.48. The third-order valence-corrected chi connectivity index (χ3v) is 5.96. The van der Waals surface area contributed by atoms with Gasteiger partial charge in [-0.3, -0.25) is 9.59 Å². The molecule has 0 radical (unpaired) electrons. The van der Waals surface area contributed by atoms with Crippen LogP contribution < -0.4 is 14.4 Å². The monoisotopic (exact) mass is 465 g/mol. The Kier molecular flexibility index (Phi) is 6.53. The van der Waals surface area contributed by atoms with E-state index >= 15 is 0 Å². The maximum atomic E-state index is 12.8. The van der Waals surface area contributed by atoms with Gasteiger partial charge in [0.1, 0.15) is 6.61 Å². The molecule has 1 aliphatic heterocycles. The maximum Gasteiger partial charge on any atom is 0.298 e. The van der Waals surface area contributed by atoms with Crippen molar-refractivity contribution in [2.45, 2.75) is 13.5 Å². The smallest absolute Gasteiger partial charge is 0.298 e. The van der Waals surface area contributed by atoms with Gasteiger partial charge in [-0.2, -0.15) is 0 Å². The molecule has 0 aromatic heterocycles. The summed E-state index contributed by atoms with van der Waals surface area (Å²) in [7, 11) is 1.56. The fourth-order valence-electron chi connectivity index (χ4n) is 3.29. The molecule has 3 aromatic carbocycles. The highest BCUT2D eigenvalue weighted by atomic mass is 35.5. The second-order valence-electron chi connectivity index (χ2n) is 7.18. The molecular weight excluding hydrogens is 446 g/mol. The number of anilines is 1. The zero-order chi connectivity index (χ0) is 22.7. The number of carbonyl (C=O) groups excluding carboxylic acids is 2. The number of hydrogen-bond donors (Lipinski definition) is 0. The van der Waals surface area contributed by atoms with E-state index in [0.29, 0.717) is 33.7 Å². The van der Waals surface area contributed by atoms with Crippen LogP contribution in [0.1, 0.15) is 16.7 Å². The van der Waals surface area contributed by atoms with Gasteiger partial charge in [-0.25, -0.2) is 4.90 Å². The SMILES string of the molecule is COc1cc(/C=C2/SC(=O)N(c3ccc(Cl)cc3)C2=O)ccc1OCc1cccc(C)c1. The second kappa shape index (κ2) is 9.51. The molecule has 5 nitrogen and oxygen atoms in total. The Labute approximate surface area is 195 Å². The number of benzene rings is 3. The molecule has 3 aromatic rings. The highest BCUT2D eigenvalue weighted by molar-refractivity contribution is 8.19. The minimum absolute atomic E-state index is 0.334. The van der Waals surface area contributed by atoms with Gasteiger partial charge >= 0.3 is 0 Å². The zero-order valence-electron chi connectivity index (χ0n) is 17.5. The summed E-state index contributed by atoms with van der Waals surface area (Å²) >= 11 is 6.80. The van der Waals surface area contributed by atoms with Crippen LogP contribution in [0.2, 0.25) is 5.02 Å². The fourth-order valence-corrected chi connectivity index (χ4v) is 4.26. The molecule has 0 N–H and O–H groups in total. The number of ether oxygens (including phenoxy) is 2. The summed E-state index contributed by atoms with van der Waals surface area (Å²) in [6.07, 6.45) is 1.67. The molecule has 0 aliphatic carbocycles. The van der Waals surface area contributed by atoms with Gasteiger partial charge in [-0.1, -0.05) is 47.5 Å². The Balaban J connectivity index is 1.53. The largest absolute Gasteiger partial charge is 0.493 e. The van der Waals surface area contributed by atoms with Gasteiger partial charge in [-0.15, -0.1) is 0 Å². The molecule has 4 rings (SSSR count). The summed E-state index contributed by atoms with van der Waals surface area (Å²) in [6.45, 7) is 2.45. The molecular formula is C25H20ClNO4S. The van der Waals surface area contributed by atoms with Crippen molar-refractivity contribution in [2.75, 3.05) is 12.0 Å². The van der Waals surface area contributed by atoms with Crippen molar-refractivity contribution in [3.8, 4) is 11.5 Å². The number of carbonyl (C=O) groups is 2. The van der Waals surface area contributed by atoms with Crippen LogP contribution in [0, 0.1) is 6.92 Å². The van der Waals surface area contributed by atoms with E-state index in [2.05, 4.69) is 6.07 Å². The van der Waals surface area contributed by atoms with Gasteiger partial charge in [-0.05, 0) is 72.3 Å². The number of methoxy groups -OCH3 is 1. The lowest BCUT2D eigenvalue weighted by atomic mass is 10.1. The van der Waals surface area contributed by atoms with Gasteiger partial charge in [0.2, 0.25) is 0 Å². The van der Waals surface area contributed by atoms with E-state index in [1.165, 1.54) is 5.56 Å². The van der Waals surface area contributed by atoms with Gasteiger partial charge < -0.3 is 9.47 Å². The average molecular weight is 466 g/mol. The van der Waals surface area contributed by atoms with E-state index in [9.17, 15) is 9.59 Å². The molecule has 0 unspecified atom stereocenters. The molecule has 0 spiro atoms. The lowest BCUT2D eigenvalue weighted by molar-refractivity contribution is -0.113. The first-order chi connectivity index (χ1) is 15.4. The van der Waals surface area contributed by atoms with E-state index in [0.717, 1.165) is 27.8 Å². The fraction of sp³-hybridized carbons (Fsp3) is 0.120. The molecule has 0 bridgehead atoms. The van der Waals surface area contributed by atoms with Crippen molar-refractivity contribution >= 4 is 46.3 Å². The maximum absolute atomic E-state index is 12.8. The first-order valence-electron chi connectivity index (χ1n) is 9.84. The van der Waals surface area contributed by atoms with E-state index in [4.69, 9.17) is 21.1 Å². The molecule has 162 valence electrons. The van der Waals surface area contributed by atoms with Gasteiger partial charge in [0.15, 0.2) is 11.5 Å². The van der Waals surface area contributed by atoms with Crippen LogP contribution in [0.4, 0.5) is 10.5 Å². The predicted molar refractivity (Wildman–Crippen MR) is 128 cm³/mol. The molecule has 0 atom stereocenters. The van der Waals surface area contributed by atoms with E-state index in [1.807, 2.05) is 31.2 Å². The minimum atomic E-state index is -0.374. The minimum Gasteiger partial charge on any atom is -0.493 e. The zero-order valence-corrected chi connectivity index (χ0v) is 19.1. The van der Waals surface area contributed by atoms with Crippen LogP contribution in [0.25, 0.3) is 6.08 Å². The van der Waals surface area contributed by atoms with Crippen molar-refractivity contribution < 1.29 is 19.1 Å². The number of hydrogen-bond acceptors (Lipinski definition) is 5. The standard InChI is InChI=1S/C25H20ClNO4S/c1-16-4-3-5-18(12-16)15-31-21-11-6-17(13-22(21)30-2)14-23-24(28)27(25(29)32-23)20-9-7-19(26)8-10-20/h3-14H,15H2,1-2H3/b23-14+. The Hall–Kier alpha value is -3.22. The van der Waals surface area contributed by atoms with Crippen molar-refractivity contribution in [3.63, 3.8) is 0 Å². The number of aryl methyl sites for hydroxylation is 1. The third-order valence-electron chi connectivity index (χ3n) is 4.84. The van der Waals surface area contributed by atoms with Crippen molar-refractivity contribution in [1.82, 2.24) is 0 Å². The highest BCUT2D eigenvalue weighted by Gasteiger charge is 2.36. The summed E-state index contributed by atoms with van der Waals surface area (Å²) in [5.41, 5.74) is 3.44. The van der Waals surface area contributed by atoms with Crippen LogP contribution >= 0.6 is 23.4 Å². The van der Waals surface area contributed by atoms with E-state index in [1.54, 1.807) is 49.6 Å². The molecule has 1 saturated heterocycles. The van der Waals surface area contributed by atoms with Gasteiger partial charge in [0.05, 0.1) is 17.7 Å².